The molecule has 4 heteroatoms. The molecule has 1 saturated heterocycles. The molecule has 2 fully saturated rings. The van der Waals surface area contributed by atoms with Crippen molar-refractivity contribution in [2.75, 3.05) is 19.7 Å². The van der Waals surface area contributed by atoms with Gasteiger partial charge in [0, 0.05) is 13.2 Å². The van der Waals surface area contributed by atoms with E-state index in [2.05, 4.69) is 17.6 Å². The Morgan fingerprint density at radius 3 is 2.65 bits per heavy atom. The van der Waals surface area contributed by atoms with E-state index >= 15 is 0 Å². The smallest absolute Gasteiger partial charge is 0.240 e. The van der Waals surface area contributed by atoms with Crippen molar-refractivity contribution in [3.05, 3.63) is 0 Å². The van der Waals surface area contributed by atoms with E-state index in [1.165, 1.54) is 0 Å². The Morgan fingerprint density at radius 1 is 1.41 bits per heavy atom. The summed E-state index contributed by atoms with van der Waals surface area (Å²) in [4.78, 5) is 12.2. The van der Waals surface area contributed by atoms with Gasteiger partial charge in [-0.25, -0.2) is 0 Å². The van der Waals surface area contributed by atoms with Crippen molar-refractivity contribution in [3.63, 3.8) is 0 Å². The first-order valence-electron chi connectivity index (χ1n) is 6.81. The first-order chi connectivity index (χ1) is 8.16. The molecule has 4 nitrogen and oxygen atoms in total. The van der Waals surface area contributed by atoms with Crippen LogP contribution in [0.4, 0.5) is 0 Å². The van der Waals surface area contributed by atoms with Gasteiger partial charge < -0.3 is 15.7 Å². The van der Waals surface area contributed by atoms with Crippen LogP contribution in [0.3, 0.4) is 0 Å². The predicted octanol–water partition coefficient (Wildman–Crippen LogP) is 0.797. The van der Waals surface area contributed by atoms with Gasteiger partial charge in [-0.1, -0.05) is 6.92 Å². The van der Waals surface area contributed by atoms with Crippen molar-refractivity contribution < 1.29 is 9.90 Å². The van der Waals surface area contributed by atoms with Crippen molar-refractivity contribution >= 4 is 5.91 Å². The summed E-state index contributed by atoms with van der Waals surface area (Å²) in [5.41, 5.74) is -0.118. The number of aliphatic hydroxyl groups is 1. The molecule has 1 heterocycles. The maximum atomic E-state index is 12.2. The van der Waals surface area contributed by atoms with Crippen LogP contribution in [0.1, 0.15) is 45.4 Å². The molecule has 17 heavy (non-hydrogen) atoms. The minimum absolute atomic E-state index is 0.154. The van der Waals surface area contributed by atoms with Gasteiger partial charge in [-0.15, -0.1) is 0 Å². The van der Waals surface area contributed by atoms with Gasteiger partial charge in [0.25, 0.3) is 0 Å². The minimum Gasteiger partial charge on any atom is -0.396 e. The lowest BCUT2D eigenvalue weighted by Gasteiger charge is -2.28. The van der Waals surface area contributed by atoms with Crippen molar-refractivity contribution in [2.24, 2.45) is 5.41 Å². The average Bonchev–Trinajstić information content (AvgIpc) is 2.93. The fourth-order valence-corrected chi connectivity index (χ4v) is 2.83. The van der Waals surface area contributed by atoms with Gasteiger partial charge in [-0.2, -0.15) is 0 Å². The molecule has 1 unspecified atom stereocenters. The summed E-state index contributed by atoms with van der Waals surface area (Å²) in [5.74, 6) is 0.154. The zero-order valence-electron chi connectivity index (χ0n) is 10.7. The second-order valence-corrected chi connectivity index (χ2v) is 5.62. The van der Waals surface area contributed by atoms with E-state index in [4.69, 9.17) is 5.11 Å². The highest BCUT2D eigenvalue weighted by Gasteiger charge is 2.44. The maximum absolute atomic E-state index is 12.2. The van der Waals surface area contributed by atoms with E-state index in [9.17, 15) is 4.79 Å². The summed E-state index contributed by atoms with van der Waals surface area (Å²) in [7, 11) is 0. The molecule has 98 valence electrons. The number of nitrogens with one attached hydrogen (secondary N) is 2. The highest BCUT2D eigenvalue weighted by molar-refractivity contribution is 5.86. The van der Waals surface area contributed by atoms with Gasteiger partial charge in [0.15, 0.2) is 0 Å². The standard InChI is InChI=1S/C13H24N2O2/c1-2-13(4-3-8-15-13)11(17)14-10-12(5-6-12)7-9-16/h15-16H,2-10H2,1H3,(H,14,17). The molecule has 1 amide bonds. The molecule has 0 spiro atoms. The highest BCUT2D eigenvalue weighted by Crippen LogP contribution is 2.48. The van der Waals surface area contributed by atoms with E-state index in [1.807, 2.05) is 0 Å². The van der Waals surface area contributed by atoms with Crippen LogP contribution in [0, 0.1) is 5.41 Å². The molecule has 1 aliphatic carbocycles. The van der Waals surface area contributed by atoms with Crippen molar-refractivity contribution in [1.82, 2.24) is 10.6 Å². The average molecular weight is 240 g/mol. The topological polar surface area (TPSA) is 61.4 Å². The van der Waals surface area contributed by atoms with Crippen LogP contribution >= 0.6 is 0 Å². The Kier molecular flexibility index (Phi) is 3.73. The number of amides is 1. The Morgan fingerprint density at radius 2 is 2.18 bits per heavy atom. The zero-order valence-corrected chi connectivity index (χ0v) is 10.7. The molecule has 3 N–H and O–H groups in total. The number of hydrogen-bond acceptors (Lipinski definition) is 3. The lowest BCUT2D eigenvalue weighted by atomic mass is 9.92. The summed E-state index contributed by atoms with van der Waals surface area (Å²) >= 11 is 0. The third kappa shape index (κ3) is 2.63. The number of rotatable bonds is 6. The summed E-state index contributed by atoms with van der Waals surface area (Å²) in [6.07, 6.45) is 5.98. The van der Waals surface area contributed by atoms with E-state index in [-0.39, 0.29) is 23.5 Å². The fraction of sp³-hybridized carbons (Fsp3) is 0.923. The van der Waals surface area contributed by atoms with Crippen molar-refractivity contribution in [3.8, 4) is 0 Å². The summed E-state index contributed by atoms with van der Waals surface area (Å²) in [5, 5.41) is 15.4. The second kappa shape index (κ2) is 4.94. The van der Waals surface area contributed by atoms with E-state index < -0.39 is 0 Å². The van der Waals surface area contributed by atoms with Crippen LogP contribution in [-0.4, -0.2) is 36.2 Å². The van der Waals surface area contributed by atoms with Crippen molar-refractivity contribution in [1.29, 1.82) is 0 Å². The third-order valence-electron chi connectivity index (χ3n) is 4.51. The van der Waals surface area contributed by atoms with Gasteiger partial charge in [-0.05, 0) is 50.5 Å². The lowest BCUT2D eigenvalue weighted by Crippen LogP contribution is -2.54. The second-order valence-electron chi connectivity index (χ2n) is 5.62. The van der Waals surface area contributed by atoms with E-state index in [0.29, 0.717) is 0 Å². The van der Waals surface area contributed by atoms with Gasteiger partial charge in [-0.3, -0.25) is 4.79 Å². The normalized spacial score (nSPS) is 30.2. The van der Waals surface area contributed by atoms with Crippen molar-refractivity contribution in [2.45, 2.75) is 51.0 Å². The highest BCUT2D eigenvalue weighted by atomic mass is 16.3. The van der Waals surface area contributed by atoms with E-state index in [1.54, 1.807) is 0 Å². The number of aliphatic hydroxyl groups excluding tert-OH is 1. The zero-order chi connectivity index (χ0) is 12.4. The molecular weight excluding hydrogens is 216 g/mol. The van der Waals surface area contributed by atoms with Gasteiger partial charge in [0.05, 0.1) is 5.54 Å². The molecule has 0 aromatic rings. The summed E-state index contributed by atoms with van der Waals surface area (Å²) in [6.45, 7) is 3.98. The Balaban J connectivity index is 1.84. The van der Waals surface area contributed by atoms with Gasteiger partial charge in [0.1, 0.15) is 0 Å². The quantitative estimate of drug-likeness (QED) is 0.643. The minimum atomic E-state index is -0.324. The number of carbonyl (C=O) groups excluding carboxylic acids is 1. The largest absolute Gasteiger partial charge is 0.396 e. The van der Waals surface area contributed by atoms with Crippen LogP contribution in [0.5, 0.6) is 0 Å². The van der Waals surface area contributed by atoms with Crippen LogP contribution in [-0.2, 0) is 4.79 Å². The number of carbonyl (C=O) groups is 1. The first kappa shape index (κ1) is 12.8. The molecule has 0 aromatic carbocycles. The molecule has 1 atom stereocenters. The molecule has 2 rings (SSSR count). The lowest BCUT2D eigenvalue weighted by molar-refractivity contribution is -0.127. The summed E-state index contributed by atoms with van der Waals surface area (Å²) in [6, 6.07) is 0. The third-order valence-corrected chi connectivity index (χ3v) is 4.51. The molecule has 0 aromatic heterocycles. The molecule has 1 saturated carbocycles. The molecule has 0 radical (unpaired) electrons. The van der Waals surface area contributed by atoms with Gasteiger partial charge in [0.2, 0.25) is 5.91 Å². The first-order valence-corrected chi connectivity index (χ1v) is 6.81. The van der Waals surface area contributed by atoms with Crippen LogP contribution in [0.15, 0.2) is 0 Å². The Hall–Kier alpha value is -0.610. The SMILES string of the molecule is CCC1(C(=O)NCC2(CCO)CC2)CCCN1. The molecule has 2 aliphatic rings. The van der Waals surface area contributed by atoms with E-state index in [0.717, 1.165) is 51.6 Å². The van der Waals surface area contributed by atoms with Crippen LogP contribution in [0.25, 0.3) is 0 Å². The maximum Gasteiger partial charge on any atom is 0.240 e. The Labute approximate surface area is 103 Å². The molecule has 0 bridgehead atoms. The monoisotopic (exact) mass is 240 g/mol. The summed E-state index contributed by atoms with van der Waals surface area (Å²) < 4.78 is 0. The number of hydrogen-bond donors (Lipinski definition) is 3. The Bertz CT molecular complexity index is 281. The van der Waals surface area contributed by atoms with Crippen LogP contribution in [0.2, 0.25) is 0 Å². The fourth-order valence-electron chi connectivity index (χ4n) is 2.83. The van der Waals surface area contributed by atoms with Crippen LogP contribution < -0.4 is 10.6 Å². The van der Waals surface area contributed by atoms with Gasteiger partial charge >= 0.3 is 0 Å². The molecule has 1 aliphatic heterocycles. The predicted molar refractivity (Wildman–Crippen MR) is 66.6 cm³/mol. The molecular formula is C13H24N2O2.